The summed E-state index contributed by atoms with van der Waals surface area (Å²) in [7, 11) is 0. The molecule has 3 N–H and O–H groups in total. The molecule has 0 saturated carbocycles. The first kappa shape index (κ1) is 20.8. The number of benzene rings is 3. The number of nitrogens with one attached hydrogen (secondary N) is 1. The Balaban J connectivity index is 1.46. The molecule has 33 heavy (non-hydrogen) atoms. The summed E-state index contributed by atoms with van der Waals surface area (Å²) in [6.45, 7) is 2.27. The third-order valence-corrected chi connectivity index (χ3v) is 8.02. The normalized spacial score (nSPS) is 25.0. The van der Waals surface area contributed by atoms with Crippen LogP contribution in [0, 0.1) is 0 Å². The Hall–Kier alpha value is -2.79. The maximum Gasteiger partial charge on any atom is 0.115 e. The van der Waals surface area contributed by atoms with Gasteiger partial charge in [0.05, 0.1) is 5.60 Å². The zero-order chi connectivity index (χ0) is 22.6. The Morgan fingerprint density at radius 3 is 2.64 bits per heavy atom. The minimum Gasteiger partial charge on any atom is -0.508 e. The van der Waals surface area contributed by atoms with Gasteiger partial charge in [-0.05, 0) is 60.0 Å². The molecule has 2 heterocycles. The van der Waals surface area contributed by atoms with Crippen LogP contribution in [-0.2, 0) is 24.8 Å². The highest BCUT2D eigenvalue weighted by atomic mass is 35.5. The summed E-state index contributed by atoms with van der Waals surface area (Å²) >= 11 is 6.33. The third-order valence-electron chi connectivity index (χ3n) is 7.78. The van der Waals surface area contributed by atoms with Crippen molar-refractivity contribution in [3.8, 4) is 5.75 Å². The second-order valence-corrected chi connectivity index (χ2v) is 10.2. The fourth-order valence-electron chi connectivity index (χ4n) is 6.18. The number of halogens is 1. The van der Waals surface area contributed by atoms with Crippen LogP contribution in [0.3, 0.4) is 0 Å². The number of aromatic hydroxyl groups is 1. The number of hydrogen-bond acceptors (Lipinski definition) is 3. The number of fused-ring (bicyclic) bond motifs is 4. The van der Waals surface area contributed by atoms with Gasteiger partial charge in [0.15, 0.2) is 0 Å². The van der Waals surface area contributed by atoms with Crippen molar-refractivity contribution in [1.29, 1.82) is 0 Å². The number of likely N-dealkylation sites (tertiary alicyclic amines) is 1. The van der Waals surface area contributed by atoms with Gasteiger partial charge in [-0.2, -0.15) is 0 Å². The number of rotatable bonds is 3. The van der Waals surface area contributed by atoms with Crippen molar-refractivity contribution in [3.05, 3.63) is 100 Å². The van der Waals surface area contributed by atoms with Gasteiger partial charge in [-0.25, -0.2) is 0 Å². The van der Waals surface area contributed by atoms with Crippen molar-refractivity contribution >= 4 is 22.5 Å². The Bertz CT molecular complexity index is 1330. The minimum atomic E-state index is -0.974. The first-order chi connectivity index (χ1) is 16.0. The van der Waals surface area contributed by atoms with Crippen LogP contribution in [-0.4, -0.2) is 38.8 Å². The molecular weight excluding hydrogens is 432 g/mol. The second-order valence-electron chi connectivity index (χ2n) is 9.74. The SMILES string of the molecule is Oc1cccc(C23CCN(Cc4ccccc4)CC2(O)Cc2c([nH]c4ccc(Cl)cc24)C3)c1. The smallest absolute Gasteiger partial charge is 0.115 e. The van der Waals surface area contributed by atoms with Crippen molar-refractivity contribution in [3.63, 3.8) is 0 Å². The Morgan fingerprint density at radius 2 is 1.82 bits per heavy atom. The largest absolute Gasteiger partial charge is 0.508 e. The summed E-state index contributed by atoms with van der Waals surface area (Å²) in [5.74, 6) is 0.241. The molecule has 2 unspecified atom stereocenters. The number of H-pyrrole nitrogens is 1. The zero-order valence-corrected chi connectivity index (χ0v) is 19.1. The van der Waals surface area contributed by atoms with E-state index in [9.17, 15) is 10.2 Å². The van der Waals surface area contributed by atoms with Gasteiger partial charge in [-0.15, -0.1) is 0 Å². The monoisotopic (exact) mass is 458 g/mol. The Kier molecular flexibility index (Phi) is 4.80. The molecule has 1 aliphatic heterocycles. The van der Waals surface area contributed by atoms with E-state index in [1.54, 1.807) is 6.07 Å². The highest BCUT2D eigenvalue weighted by Crippen LogP contribution is 2.52. The number of aromatic nitrogens is 1. The van der Waals surface area contributed by atoms with Crippen molar-refractivity contribution < 1.29 is 10.2 Å². The van der Waals surface area contributed by atoms with Crippen LogP contribution >= 0.6 is 11.6 Å². The van der Waals surface area contributed by atoms with Gasteiger partial charge in [0, 0.05) is 53.0 Å². The van der Waals surface area contributed by atoms with Gasteiger partial charge < -0.3 is 15.2 Å². The van der Waals surface area contributed by atoms with E-state index in [4.69, 9.17) is 11.6 Å². The van der Waals surface area contributed by atoms with E-state index in [0.717, 1.165) is 47.2 Å². The van der Waals surface area contributed by atoms with E-state index < -0.39 is 11.0 Å². The van der Waals surface area contributed by atoms with Crippen molar-refractivity contribution in [2.75, 3.05) is 13.1 Å². The summed E-state index contributed by atoms with van der Waals surface area (Å²) in [5, 5.41) is 24.5. The summed E-state index contributed by atoms with van der Waals surface area (Å²) in [5.41, 5.74) is 4.19. The molecule has 1 aromatic heterocycles. The molecule has 3 aromatic carbocycles. The van der Waals surface area contributed by atoms with Crippen LogP contribution in [0.5, 0.6) is 5.75 Å². The van der Waals surface area contributed by atoms with Gasteiger partial charge in [0.1, 0.15) is 5.75 Å². The van der Waals surface area contributed by atoms with Crippen LogP contribution in [0.2, 0.25) is 5.02 Å². The number of piperidine rings is 1. The molecule has 6 rings (SSSR count). The molecular formula is C28H27ClN2O2. The van der Waals surface area contributed by atoms with E-state index in [1.807, 2.05) is 36.4 Å². The topological polar surface area (TPSA) is 59.5 Å². The van der Waals surface area contributed by atoms with Crippen molar-refractivity contribution in [2.45, 2.75) is 36.8 Å². The molecule has 0 amide bonds. The minimum absolute atomic E-state index is 0.241. The Morgan fingerprint density at radius 1 is 0.970 bits per heavy atom. The molecule has 2 atom stereocenters. The summed E-state index contributed by atoms with van der Waals surface area (Å²) in [6.07, 6.45) is 2.06. The van der Waals surface area contributed by atoms with Crippen molar-refractivity contribution in [1.82, 2.24) is 9.88 Å². The molecule has 5 heteroatoms. The maximum absolute atomic E-state index is 12.5. The average Bonchev–Trinajstić information content (AvgIpc) is 3.13. The quantitative estimate of drug-likeness (QED) is 0.395. The molecule has 0 radical (unpaired) electrons. The summed E-state index contributed by atoms with van der Waals surface area (Å²) in [4.78, 5) is 5.97. The fraction of sp³-hybridized carbons (Fsp3) is 0.286. The lowest BCUT2D eigenvalue weighted by atomic mass is 9.56. The number of aliphatic hydroxyl groups is 1. The maximum atomic E-state index is 12.5. The molecule has 1 fully saturated rings. The van der Waals surface area contributed by atoms with Gasteiger partial charge in [-0.3, -0.25) is 4.90 Å². The van der Waals surface area contributed by atoms with E-state index in [2.05, 4.69) is 40.2 Å². The number of aromatic amines is 1. The molecule has 2 aliphatic rings. The molecule has 1 saturated heterocycles. The number of hydrogen-bond donors (Lipinski definition) is 3. The molecule has 4 aromatic rings. The third kappa shape index (κ3) is 3.36. The van der Waals surface area contributed by atoms with Gasteiger partial charge in [0.25, 0.3) is 0 Å². The lowest BCUT2D eigenvalue weighted by Crippen LogP contribution is -2.66. The van der Waals surface area contributed by atoms with Crippen LogP contribution in [0.15, 0.2) is 72.8 Å². The Labute approximate surface area is 198 Å². The highest BCUT2D eigenvalue weighted by Gasteiger charge is 2.57. The molecule has 168 valence electrons. The fourth-order valence-corrected chi connectivity index (χ4v) is 6.35. The first-order valence-electron chi connectivity index (χ1n) is 11.5. The van der Waals surface area contributed by atoms with Crippen LogP contribution < -0.4 is 0 Å². The predicted octanol–water partition coefficient (Wildman–Crippen LogP) is 5.20. The van der Waals surface area contributed by atoms with Gasteiger partial charge in [-0.1, -0.05) is 54.1 Å². The number of nitrogens with zero attached hydrogens (tertiary/aromatic N) is 1. The molecule has 0 bridgehead atoms. The standard InChI is InChI=1S/C28H27ClN2O2/c29-21-9-10-25-23(14-21)24-15-28(33)18-31(17-19-5-2-1-3-6-19)12-11-27(28,16-26(24)30-25)20-7-4-8-22(32)13-20/h1-10,13-14,30,32-33H,11-12,15-18H2. The average molecular weight is 459 g/mol. The van der Waals surface area contributed by atoms with Crippen molar-refractivity contribution in [2.24, 2.45) is 0 Å². The van der Waals surface area contributed by atoms with E-state index in [-0.39, 0.29) is 5.75 Å². The summed E-state index contributed by atoms with van der Waals surface area (Å²) in [6, 6.07) is 23.8. The van der Waals surface area contributed by atoms with E-state index in [1.165, 1.54) is 5.56 Å². The number of β-amino-alcohol motifs (C(OH)–C–C–N with tert-alkyl or cyclic N) is 1. The van der Waals surface area contributed by atoms with E-state index >= 15 is 0 Å². The van der Waals surface area contributed by atoms with Gasteiger partial charge >= 0.3 is 0 Å². The second kappa shape index (κ2) is 7.63. The molecule has 4 nitrogen and oxygen atoms in total. The van der Waals surface area contributed by atoms with Crippen LogP contribution in [0.25, 0.3) is 10.9 Å². The summed E-state index contributed by atoms with van der Waals surface area (Å²) < 4.78 is 0. The number of phenols is 1. The highest BCUT2D eigenvalue weighted by molar-refractivity contribution is 6.31. The van der Waals surface area contributed by atoms with Crippen LogP contribution in [0.4, 0.5) is 0 Å². The first-order valence-corrected chi connectivity index (χ1v) is 11.9. The van der Waals surface area contributed by atoms with E-state index in [0.29, 0.717) is 24.4 Å². The van der Waals surface area contributed by atoms with Gasteiger partial charge in [0.2, 0.25) is 0 Å². The lowest BCUT2D eigenvalue weighted by Gasteiger charge is -2.56. The number of phenolic OH excluding ortho intramolecular Hbond substituents is 1. The zero-order valence-electron chi connectivity index (χ0n) is 18.4. The molecule has 1 aliphatic carbocycles. The molecule has 0 spiro atoms. The van der Waals surface area contributed by atoms with Crippen LogP contribution in [0.1, 0.15) is 28.8 Å². The lowest BCUT2D eigenvalue weighted by molar-refractivity contribution is -0.105. The predicted molar refractivity (Wildman–Crippen MR) is 132 cm³/mol.